The fraction of sp³-hybridized carbons (Fsp3) is 0.895. The number of hydrogen-bond donors (Lipinski definition) is 2. The topological polar surface area (TPSA) is 69.2 Å². The first-order valence-electron chi connectivity index (χ1n) is 10.2. The molecule has 2 fully saturated rings. The van der Waals surface area contributed by atoms with Crippen molar-refractivity contribution in [3.05, 3.63) is 0 Å². The van der Waals surface area contributed by atoms with E-state index in [4.69, 9.17) is 9.73 Å². The number of morpholine rings is 1. The van der Waals surface area contributed by atoms with Gasteiger partial charge in [0.25, 0.3) is 0 Å². The highest BCUT2D eigenvalue weighted by Gasteiger charge is 2.23. The molecule has 2 rings (SSSR count). The average molecular weight is 368 g/mol. The first-order valence-corrected chi connectivity index (χ1v) is 10.2. The average Bonchev–Trinajstić information content (AvgIpc) is 3.04. The van der Waals surface area contributed by atoms with Gasteiger partial charge in [-0.3, -0.25) is 14.7 Å². The van der Waals surface area contributed by atoms with E-state index in [1.54, 1.807) is 0 Å². The number of nitrogens with zero attached hydrogens (tertiary/aromatic N) is 3. The summed E-state index contributed by atoms with van der Waals surface area (Å²) >= 11 is 0. The Morgan fingerprint density at radius 1 is 1.23 bits per heavy atom. The Kier molecular flexibility index (Phi) is 9.18. The molecule has 0 bridgehead atoms. The molecule has 2 saturated heterocycles. The molecule has 1 amide bonds. The summed E-state index contributed by atoms with van der Waals surface area (Å²) in [7, 11) is 0. The molecular formula is C19H37N5O2. The smallest absolute Gasteiger partial charge is 0.222 e. The summed E-state index contributed by atoms with van der Waals surface area (Å²) < 4.78 is 5.48. The van der Waals surface area contributed by atoms with Crippen molar-refractivity contribution < 1.29 is 9.53 Å². The van der Waals surface area contributed by atoms with Crippen LogP contribution in [0.25, 0.3) is 0 Å². The van der Waals surface area contributed by atoms with Crippen LogP contribution >= 0.6 is 0 Å². The number of likely N-dealkylation sites (tertiary alicyclic amines) is 1. The monoisotopic (exact) mass is 367 g/mol. The third kappa shape index (κ3) is 6.76. The number of guanidine groups is 1. The van der Waals surface area contributed by atoms with Crippen LogP contribution in [0.5, 0.6) is 0 Å². The third-order valence-corrected chi connectivity index (χ3v) is 5.13. The Morgan fingerprint density at radius 3 is 2.62 bits per heavy atom. The van der Waals surface area contributed by atoms with Gasteiger partial charge in [0.05, 0.1) is 19.8 Å². The molecule has 7 heteroatoms. The molecule has 26 heavy (non-hydrogen) atoms. The predicted molar refractivity (Wildman–Crippen MR) is 105 cm³/mol. The highest BCUT2D eigenvalue weighted by atomic mass is 16.5. The zero-order valence-electron chi connectivity index (χ0n) is 16.8. The minimum absolute atomic E-state index is 0.302. The molecule has 0 aliphatic carbocycles. The van der Waals surface area contributed by atoms with Crippen LogP contribution in [0.1, 0.15) is 40.0 Å². The third-order valence-electron chi connectivity index (χ3n) is 5.13. The van der Waals surface area contributed by atoms with Gasteiger partial charge in [0.15, 0.2) is 5.96 Å². The molecule has 0 aromatic heterocycles. The lowest BCUT2D eigenvalue weighted by molar-refractivity contribution is -0.127. The molecule has 2 aliphatic rings. The summed E-state index contributed by atoms with van der Waals surface area (Å²) in [4.78, 5) is 20.9. The Labute approximate surface area is 158 Å². The largest absolute Gasteiger partial charge is 0.379 e. The van der Waals surface area contributed by atoms with E-state index in [-0.39, 0.29) is 0 Å². The molecule has 2 aliphatic heterocycles. The molecule has 150 valence electrons. The van der Waals surface area contributed by atoms with Gasteiger partial charge in [-0.2, -0.15) is 0 Å². The second kappa shape index (κ2) is 11.4. The molecule has 0 radical (unpaired) electrons. The maximum Gasteiger partial charge on any atom is 0.222 e. The number of carbonyl (C=O) groups is 1. The van der Waals surface area contributed by atoms with E-state index in [0.717, 1.165) is 84.2 Å². The van der Waals surface area contributed by atoms with Crippen molar-refractivity contribution in [1.29, 1.82) is 0 Å². The lowest BCUT2D eigenvalue weighted by Crippen LogP contribution is -2.48. The summed E-state index contributed by atoms with van der Waals surface area (Å²) in [6.07, 6.45) is 2.68. The van der Waals surface area contributed by atoms with Crippen molar-refractivity contribution in [3.8, 4) is 0 Å². The van der Waals surface area contributed by atoms with Crippen molar-refractivity contribution in [2.75, 3.05) is 59.0 Å². The minimum atomic E-state index is 0.302. The van der Waals surface area contributed by atoms with Gasteiger partial charge in [0, 0.05) is 51.7 Å². The first kappa shape index (κ1) is 21.0. The maximum atomic E-state index is 11.7. The van der Waals surface area contributed by atoms with E-state index in [1.165, 1.54) is 0 Å². The van der Waals surface area contributed by atoms with Crippen molar-refractivity contribution >= 4 is 11.9 Å². The van der Waals surface area contributed by atoms with Gasteiger partial charge in [-0.25, -0.2) is 0 Å². The lowest BCUT2D eigenvalue weighted by Gasteiger charge is -2.36. The van der Waals surface area contributed by atoms with Crippen molar-refractivity contribution in [3.63, 3.8) is 0 Å². The number of ether oxygens (including phenoxy) is 1. The van der Waals surface area contributed by atoms with Crippen molar-refractivity contribution in [1.82, 2.24) is 20.4 Å². The van der Waals surface area contributed by atoms with E-state index < -0.39 is 0 Å². The fourth-order valence-electron chi connectivity index (χ4n) is 3.60. The molecule has 0 spiro atoms. The number of aliphatic imine (C=N–C) groups is 1. The molecule has 2 N–H and O–H groups in total. The number of amides is 1. The normalized spacial score (nSPS) is 20.7. The SMILES string of the molecule is CCNC(=NCC(C(C)C)N1CCOCC1)NCCCN1CCCC1=O. The van der Waals surface area contributed by atoms with Gasteiger partial charge in [-0.15, -0.1) is 0 Å². The zero-order valence-corrected chi connectivity index (χ0v) is 16.8. The van der Waals surface area contributed by atoms with Crippen LogP contribution in [0, 0.1) is 5.92 Å². The number of carbonyl (C=O) groups excluding carboxylic acids is 1. The lowest BCUT2D eigenvalue weighted by atomic mass is 10.0. The summed E-state index contributed by atoms with van der Waals surface area (Å²) in [6, 6.07) is 0.441. The highest BCUT2D eigenvalue weighted by Crippen LogP contribution is 2.13. The second-order valence-corrected chi connectivity index (χ2v) is 7.44. The van der Waals surface area contributed by atoms with Crippen LogP contribution in [0.15, 0.2) is 4.99 Å². The fourth-order valence-corrected chi connectivity index (χ4v) is 3.60. The summed E-state index contributed by atoms with van der Waals surface area (Å²) in [6.45, 7) is 14.5. The van der Waals surface area contributed by atoms with E-state index in [1.807, 2.05) is 4.90 Å². The summed E-state index contributed by atoms with van der Waals surface area (Å²) in [5, 5.41) is 6.75. The van der Waals surface area contributed by atoms with Crippen LogP contribution in [-0.4, -0.2) is 86.7 Å². The second-order valence-electron chi connectivity index (χ2n) is 7.44. The van der Waals surface area contributed by atoms with Gasteiger partial charge in [0.1, 0.15) is 0 Å². The molecule has 0 aromatic carbocycles. The Hall–Kier alpha value is -1.34. The molecule has 1 unspecified atom stereocenters. The van der Waals surface area contributed by atoms with E-state index in [2.05, 4.69) is 36.3 Å². The summed E-state index contributed by atoms with van der Waals surface area (Å²) in [5.41, 5.74) is 0. The van der Waals surface area contributed by atoms with Crippen LogP contribution in [0.2, 0.25) is 0 Å². The van der Waals surface area contributed by atoms with Crippen molar-refractivity contribution in [2.24, 2.45) is 10.9 Å². The van der Waals surface area contributed by atoms with E-state index >= 15 is 0 Å². The van der Waals surface area contributed by atoms with Gasteiger partial charge >= 0.3 is 0 Å². The van der Waals surface area contributed by atoms with Crippen LogP contribution in [-0.2, 0) is 9.53 Å². The molecule has 2 heterocycles. The molecule has 0 aromatic rings. The molecular weight excluding hydrogens is 330 g/mol. The molecule has 7 nitrogen and oxygen atoms in total. The molecule has 0 saturated carbocycles. The van der Waals surface area contributed by atoms with E-state index in [0.29, 0.717) is 17.9 Å². The minimum Gasteiger partial charge on any atom is -0.379 e. The number of hydrogen-bond acceptors (Lipinski definition) is 4. The van der Waals surface area contributed by atoms with Gasteiger partial charge in [-0.05, 0) is 25.7 Å². The molecule has 1 atom stereocenters. The Morgan fingerprint density at radius 2 is 2.00 bits per heavy atom. The quantitative estimate of drug-likeness (QED) is 0.360. The number of nitrogens with one attached hydrogen (secondary N) is 2. The van der Waals surface area contributed by atoms with Crippen molar-refractivity contribution in [2.45, 2.75) is 46.1 Å². The number of rotatable bonds is 9. The van der Waals surface area contributed by atoms with Gasteiger partial charge in [-0.1, -0.05) is 13.8 Å². The maximum absolute atomic E-state index is 11.7. The first-order chi connectivity index (χ1) is 12.6. The van der Waals surface area contributed by atoms with Gasteiger partial charge in [0.2, 0.25) is 5.91 Å². The van der Waals surface area contributed by atoms with Gasteiger partial charge < -0.3 is 20.3 Å². The van der Waals surface area contributed by atoms with E-state index in [9.17, 15) is 4.79 Å². The predicted octanol–water partition coefficient (Wildman–Crippen LogP) is 0.911. The van der Waals surface area contributed by atoms with Crippen LogP contribution < -0.4 is 10.6 Å². The van der Waals surface area contributed by atoms with Crippen LogP contribution in [0.4, 0.5) is 0 Å². The Bertz CT molecular complexity index is 449. The zero-order chi connectivity index (χ0) is 18.8. The van der Waals surface area contributed by atoms with Crippen LogP contribution in [0.3, 0.4) is 0 Å². The standard InChI is InChI=1S/C19H37N5O2/c1-4-20-19(21-8-6-10-24-9-5-7-18(24)25)22-15-17(16(2)3)23-11-13-26-14-12-23/h16-17H,4-15H2,1-3H3,(H2,20,21,22). The Balaban J connectivity index is 1.78. The summed E-state index contributed by atoms with van der Waals surface area (Å²) in [5.74, 6) is 1.73. The highest BCUT2D eigenvalue weighted by molar-refractivity contribution is 5.79.